The van der Waals surface area contributed by atoms with E-state index < -0.39 is 0 Å². The fourth-order valence-corrected chi connectivity index (χ4v) is 3.26. The van der Waals surface area contributed by atoms with Gasteiger partial charge in [-0.25, -0.2) is 4.98 Å². The third-order valence-electron chi connectivity index (χ3n) is 3.67. The van der Waals surface area contributed by atoms with Gasteiger partial charge >= 0.3 is 0 Å². The van der Waals surface area contributed by atoms with Gasteiger partial charge in [-0.1, -0.05) is 0 Å². The summed E-state index contributed by atoms with van der Waals surface area (Å²) in [4.78, 5) is 7.25. The number of rotatable bonds is 2. The summed E-state index contributed by atoms with van der Waals surface area (Å²) >= 11 is 4.55. The van der Waals surface area contributed by atoms with Gasteiger partial charge in [-0.15, -0.1) is 0 Å². The number of piperidine rings is 1. The van der Waals surface area contributed by atoms with Gasteiger partial charge in [-0.2, -0.15) is 0 Å². The lowest BCUT2D eigenvalue weighted by molar-refractivity contribution is 0.563. The van der Waals surface area contributed by atoms with Crippen LogP contribution in [0.2, 0.25) is 0 Å². The minimum atomic E-state index is 1.08. The van der Waals surface area contributed by atoms with Crippen molar-refractivity contribution in [1.29, 1.82) is 0 Å². The lowest BCUT2D eigenvalue weighted by atomic mass is 10.1. The highest BCUT2D eigenvalue weighted by atomic mass is 127. The molecule has 0 amide bonds. The van der Waals surface area contributed by atoms with E-state index in [1.54, 1.807) is 0 Å². The van der Waals surface area contributed by atoms with E-state index in [1.165, 1.54) is 30.5 Å². The topological polar surface area (TPSA) is 24.3 Å². The van der Waals surface area contributed by atoms with Crippen LogP contribution in [0.5, 0.6) is 0 Å². The number of nitrogens with zero attached hydrogens (tertiary/aromatic N) is 4. The highest BCUT2D eigenvalue weighted by Gasteiger charge is 2.17. The molecular formula is C13H16I2N4. The van der Waals surface area contributed by atoms with Gasteiger partial charge in [0.1, 0.15) is 0 Å². The van der Waals surface area contributed by atoms with E-state index in [2.05, 4.69) is 81.8 Å². The number of aryl methyl sites for hydroxylation is 1. The number of hydrogen-bond acceptors (Lipinski definition) is 3. The number of hydrogen-bond donors (Lipinski definition) is 0. The van der Waals surface area contributed by atoms with Crippen LogP contribution < -0.4 is 6.23 Å². The highest BCUT2D eigenvalue weighted by Crippen LogP contribution is 2.29. The van der Waals surface area contributed by atoms with Crippen molar-refractivity contribution < 1.29 is 0 Å². The van der Waals surface area contributed by atoms with E-state index in [0.717, 1.165) is 24.6 Å². The molecule has 0 N–H and O–H groups in total. The lowest BCUT2D eigenvalue weighted by Crippen LogP contribution is -2.31. The summed E-state index contributed by atoms with van der Waals surface area (Å²) in [6.07, 6.45) is 3.91. The second-order valence-corrected chi connectivity index (χ2v) is 8.70. The van der Waals surface area contributed by atoms with E-state index in [-0.39, 0.29) is 0 Å². The summed E-state index contributed by atoms with van der Waals surface area (Å²) in [6, 6.07) is 6.46. The number of anilines is 2. The molecule has 0 saturated carbocycles. The molecule has 1 saturated heterocycles. The SMILES string of the molecule is Cn1c(N2CCCCC2)nc2cc(N(I)I)ccc21. The maximum Gasteiger partial charge on any atom is 0.206 e. The molecule has 19 heavy (non-hydrogen) atoms. The molecule has 0 bridgehead atoms. The van der Waals surface area contributed by atoms with Crippen molar-refractivity contribution in [3.8, 4) is 0 Å². The van der Waals surface area contributed by atoms with Gasteiger partial charge in [0.2, 0.25) is 5.95 Å². The predicted molar refractivity (Wildman–Crippen MR) is 97.3 cm³/mol. The van der Waals surface area contributed by atoms with Gasteiger partial charge in [-0.3, -0.25) is 1.33 Å². The second-order valence-electron chi connectivity index (χ2n) is 4.92. The average Bonchev–Trinajstić information content (AvgIpc) is 2.76. The minimum absolute atomic E-state index is 1.08. The highest BCUT2D eigenvalue weighted by molar-refractivity contribution is 14.2. The summed E-state index contributed by atoms with van der Waals surface area (Å²) in [7, 11) is 2.12. The van der Waals surface area contributed by atoms with Crippen LogP contribution in [-0.4, -0.2) is 22.6 Å². The maximum absolute atomic E-state index is 4.83. The van der Waals surface area contributed by atoms with E-state index in [9.17, 15) is 0 Å². The normalized spacial score (nSPS) is 16.1. The smallest absolute Gasteiger partial charge is 0.206 e. The van der Waals surface area contributed by atoms with Crippen molar-refractivity contribution in [2.45, 2.75) is 19.3 Å². The first-order valence-electron chi connectivity index (χ1n) is 6.50. The number of imidazole rings is 1. The van der Waals surface area contributed by atoms with Gasteiger partial charge in [0.05, 0.1) is 62.4 Å². The Kier molecular flexibility index (Phi) is 4.06. The van der Waals surface area contributed by atoms with Crippen LogP contribution >= 0.6 is 45.7 Å². The monoisotopic (exact) mass is 482 g/mol. The summed E-state index contributed by atoms with van der Waals surface area (Å²) in [5.41, 5.74) is 3.47. The lowest BCUT2D eigenvalue weighted by Gasteiger charge is -2.27. The van der Waals surface area contributed by atoms with Crippen LogP contribution in [0, 0.1) is 0 Å². The molecule has 102 valence electrons. The van der Waals surface area contributed by atoms with E-state index in [1.807, 2.05) is 0 Å². The van der Waals surface area contributed by atoms with Crippen molar-refractivity contribution in [1.82, 2.24) is 9.55 Å². The fraction of sp³-hybridized carbons (Fsp3) is 0.462. The van der Waals surface area contributed by atoms with E-state index >= 15 is 0 Å². The Balaban J connectivity index is 2.03. The van der Waals surface area contributed by atoms with Crippen molar-refractivity contribution in [2.24, 2.45) is 7.05 Å². The van der Waals surface area contributed by atoms with Crippen molar-refractivity contribution in [3.05, 3.63) is 18.2 Å². The molecule has 1 aliphatic rings. The molecule has 0 radical (unpaired) electrons. The molecular weight excluding hydrogens is 466 g/mol. The van der Waals surface area contributed by atoms with Crippen LogP contribution in [0.4, 0.5) is 11.6 Å². The van der Waals surface area contributed by atoms with Gasteiger partial charge in [-0.05, 0) is 37.5 Å². The molecule has 1 aromatic carbocycles. The number of aromatic nitrogens is 2. The number of benzene rings is 1. The van der Waals surface area contributed by atoms with Crippen molar-refractivity contribution in [3.63, 3.8) is 0 Å². The fourth-order valence-electron chi connectivity index (χ4n) is 2.66. The molecule has 2 heterocycles. The summed E-state index contributed by atoms with van der Waals surface area (Å²) < 4.78 is 4.28. The quantitative estimate of drug-likeness (QED) is 0.477. The van der Waals surface area contributed by atoms with Crippen molar-refractivity contribution >= 4 is 68.4 Å². The summed E-state index contributed by atoms with van der Waals surface area (Å²) in [5, 5.41) is 0. The zero-order valence-corrected chi connectivity index (χ0v) is 15.1. The average molecular weight is 482 g/mol. The zero-order valence-electron chi connectivity index (χ0n) is 10.8. The molecule has 0 unspecified atom stereocenters. The Morgan fingerprint density at radius 1 is 1.16 bits per heavy atom. The molecule has 4 nitrogen and oxygen atoms in total. The molecule has 3 rings (SSSR count). The Hall–Kier alpha value is -0.250. The second kappa shape index (κ2) is 5.63. The number of halogens is 2. The number of fused-ring (bicyclic) bond motifs is 1. The van der Waals surface area contributed by atoms with Crippen LogP contribution in [0.25, 0.3) is 11.0 Å². The van der Waals surface area contributed by atoms with E-state index in [4.69, 9.17) is 4.98 Å². The maximum atomic E-state index is 4.83. The van der Waals surface area contributed by atoms with Crippen molar-refractivity contribution in [2.75, 3.05) is 19.3 Å². The molecule has 0 spiro atoms. The van der Waals surface area contributed by atoms with Gasteiger partial charge < -0.3 is 9.47 Å². The van der Waals surface area contributed by atoms with Crippen LogP contribution in [0.1, 0.15) is 19.3 Å². The molecule has 1 fully saturated rings. The molecule has 1 aromatic heterocycles. The Morgan fingerprint density at radius 2 is 1.89 bits per heavy atom. The Labute approximate surface area is 141 Å². The van der Waals surface area contributed by atoms with Crippen LogP contribution in [0.15, 0.2) is 18.2 Å². The van der Waals surface area contributed by atoms with E-state index in [0.29, 0.717) is 0 Å². The third kappa shape index (κ3) is 2.65. The third-order valence-corrected chi connectivity index (χ3v) is 4.79. The summed E-state index contributed by atoms with van der Waals surface area (Å²) in [5.74, 6) is 1.11. The molecule has 6 heteroatoms. The Morgan fingerprint density at radius 3 is 2.58 bits per heavy atom. The first-order valence-corrected chi connectivity index (χ1v) is 8.43. The minimum Gasteiger partial charge on any atom is -0.342 e. The standard InChI is InChI=1S/C13H16I2N4/c1-17-12-6-5-10(19(14)15)9-11(12)16-13(17)18-7-3-2-4-8-18/h5-6,9H,2-4,7-8H2,1H3. The Bertz CT molecular complexity index is 588. The molecule has 2 aromatic rings. The predicted octanol–water partition coefficient (Wildman–Crippen LogP) is 4.07. The molecule has 0 aliphatic carbocycles. The largest absolute Gasteiger partial charge is 0.342 e. The molecule has 1 aliphatic heterocycles. The van der Waals surface area contributed by atoms with Gasteiger partial charge in [0.15, 0.2) is 0 Å². The van der Waals surface area contributed by atoms with Crippen LogP contribution in [-0.2, 0) is 7.05 Å². The molecule has 0 atom stereocenters. The van der Waals surface area contributed by atoms with Crippen LogP contribution in [0.3, 0.4) is 0 Å². The van der Waals surface area contributed by atoms with Gasteiger partial charge in [0, 0.05) is 20.1 Å². The van der Waals surface area contributed by atoms with Gasteiger partial charge in [0.25, 0.3) is 0 Å². The zero-order chi connectivity index (χ0) is 13.4. The first kappa shape index (κ1) is 13.7. The summed E-state index contributed by atoms with van der Waals surface area (Å²) in [6.45, 7) is 2.27. The first-order chi connectivity index (χ1) is 9.16.